The molecule has 22 heavy (non-hydrogen) atoms. The average molecular weight is 323 g/mol. The van der Waals surface area contributed by atoms with Gasteiger partial charge < -0.3 is 15.6 Å². The smallest absolute Gasteiger partial charge is 0.315 e. The van der Waals surface area contributed by atoms with Gasteiger partial charge in [0.1, 0.15) is 0 Å². The molecule has 1 aromatic carbocycles. The summed E-state index contributed by atoms with van der Waals surface area (Å²) in [6.45, 7) is 5.15. The van der Waals surface area contributed by atoms with E-state index in [1.165, 1.54) is 0 Å². The summed E-state index contributed by atoms with van der Waals surface area (Å²) in [5.41, 5.74) is 5.22. The maximum Gasteiger partial charge on any atom is 0.315 e. The lowest BCUT2D eigenvalue weighted by Crippen LogP contribution is -2.42. The number of rotatable bonds is 4. The summed E-state index contributed by atoms with van der Waals surface area (Å²) in [5, 5.41) is 6.79. The molecule has 0 unspecified atom stereocenters. The van der Waals surface area contributed by atoms with E-state index in [0.717, 1.165) is 5.56 Å². The average Bonchev–Trinajstić information content (AvgIpc) is 2.92. The normalized spacial score (nSPS) is 11.3. The van der Waals surface area contributed by atoms with Gasteiger partial charge in [-0.15, -0.1) is 0 Å². The van der Waals surface area contributed by atoms with Crippen LogP contribution in [0.4, 0.5) is 0 Å². The van der Waals surface area contributed by atoms with Crippen LogP contribution in [0.25, 0.3) is 0 Å². The molecule has 0 bridgehead atoms. The minimum Gasteiger partial charge on any atom is -0.361 e. The van der Waals surface area contributed by atoms with Gasteiger partial charge in [-0.3, -0.25) is 9.59 Å². The van der Waals surface area contributed by atoms with E-state index in [0.29, 0.717) is 10.6 Å². The molecule has 0 fully saturated rings. The Kier molecular flexibility index (Phi) is 4.18. The molecule has 116 valence electrons. The Bertz CT molecular complexity index is 739. The highest BCUT2D eigenvalue weighted by atomic mass is 35.5. The first-order chi connectivity index (χ1) is 10.2. The summed E-state index contributed by atoms with van der Waals surface area (Å²) in [4.78, 5) is 27.2. The molecule has 0 spiro atoms. The molecule has 2 aromatic rings. The van der Waals surface area contributed by atoms with Crippen LogP contribution in [0.3, 0.4) is 0 Å². The fraction of sp³-hybridized carbons (Fsp3) is 0.286. The maximum atomic E-state index is 12.4. The zero-order chi connectivity index (χ0) is 16.5. The molecule has 1 aromatic heterocycles. The number of amides is 2. The second-order valence-electron chi connectivity index (χ2n) is 5.30. The lowest BCUT2D eigenvalue weighted by atomic mass is 10.0. The van der Waals surface area contributed by atoms with Crippen LogP contribution < -0.4 is 11.1 Å². The SMILES string of the molecule is Cc1cccc(C(=O)NC(C)(C)c2noc(C(N)=O)n2)c1Cl. The van der Waals surface area contributed by atoms with E-state index >= 15 is 0 Å². The fourth-order valence-electron chi connectivity index (χ4n) is 1.81. The van der Waals surface area contributed by atoms with Gasteiger partial charge in [-0.05, 0) is 32.4 Å². The van der Waals surface area contributed by atoms with E-state index in [1.807, 2.05) is 13.0 Å². The summed E-state index contributed by atoms with van der Waals surface area (Å²) in [5.74, 6) is -1.39. The molecule has 0 saturated heterocycles. The van der Waals surface area contributed by atoms with Crippen LogP contribution in [-0.2, 0) is 5.54 Å². The molecule has 0 atom stereocenters. The van der Waals surface area contributed by atoms with Gasteiger partial charge in [-0.1, -0.05) is 28.9 Å². The Morgan fingerprint density at radius 3 is 2.64 bits per heavy atom. The highest BCUT2D eigenvalue weighted by Crippen LogP contribution is 2.23. The topological polar surface area (TPSA) is 111 Å². The summed E-state index contributed by atoms with van der Waals surface area (Å²) < 4.78 is 4.73. The third kappa shape index (κ3) is 3.09. The van der Waals surface area contributed by atoms with Gasteiger partial charge in [0.05, 0.1) is 16.1 Å². The van der Waals surface area contributed by atoms with Crippen molar-refractivity contribution in [3.8, 4) is 0 Å². The molecule has 0 saturated carbocycles. The van der Waals surface area contributed by atoms with Crippen LogP contribution in [-0.4, -0.2) is 22.0 Å². The number of benzene rings is 1. The van der Waals surface area contributed by atoms with Crippen molar-refractivity contribution in [2.75, 3.05) is 0 Å². The fourth-order valence-corrected chi connectivity index (χ4v) is 2.02. The molecular formula is C14H15ClN4O3. The van der Waals surface area contributed by atoms with Crippen molar-refractivity contribution < 1.29 is 14.1 Å². The van der Waals surface area contributed by atoms with Crippen LogP contribution in [0.2, 0.25) is 5.02 Å². The van der Waals surface area contributed by atoms with E-state index in [4.69, 9.17) is 21.9 Å². The van der Waals surface area contributed by atoms with Crippen molar-refractivity contribution in [2.24, 2.45) is 5.73 Å². The molecule has 0 aliphatic carbocycles. The number of nitrogens with one attached hydrogen (secondary N) is 1. The zero-order valence-corrected chi connectivity index (χ0v) is 13.1. The summed E-state index contributed by atoms with van der Waals surface area (Å²) in [7, 11) is 0. The summed E-state index contributed by atoms with van der Waals surface area (Å²) >= 11 is 6.14. The first kappa shape index (κ1) is 16.0. The number of nitrogens with zero attached hydrogens (tertiary/aromatic N) is 2. The molecule has 0 aliphatic rings. The first-order valence-electron chi connectivity index (χ1n) is 6.44. The van der Waals surface area contributed by atoms with Crippen molar-refractivity contribution in [1.82, 2.24) is 15.5 Å². The number of carbonyl (C=O) groups is 2. The molecule has 8 heteroatoms. The van der Waals surface area contributed by atoms with E-state index in [1.54, 1.807) is 26.0 Å². The van der Waals surface area contributed by atoms with Crippen LogP contribution in [0.5, 0.6) is 0 Å². The van der Waals surface area contributed by atoms with Crippen molar-refractivity contribution in [1.29, 1.82) is 0 Å². The number of carbonyl (C=O) groups excluding carboxylic acids is 2. The lowest BCUT2D eigenvalue weighted by molar-refractivity contribution is 0.0905. The monoisotopic (exact) mass is 322 g/mol. The standard InChI is InChI=1S/C14H15ClN4O3/c1-7-5-4-6-8(9(7)15)11(21)18-14(2,3)13-17-12(10(16)20)22-19-13/h4-6H,1-3H3,(H2,16,20)(H,18,21). The van der Waals surface area contributed by atoms with Crippen molar-refractivity contribution in [3.63, 3.8) is 0 Å². The number of hydrogen-bond donors (Lipinski definition) is 2. The molecule has 0 radical (unpaired) electrons. The van der Waals surface area contributed by atoms with Crippen LogP contribution in [0.1, 0.15) is 46.3 Å². The third-order valence-corrected chi connectivity index (χ3v) is 3.56. The predicted octanol–water partition coefficient (Wildman–Crippen LogP) is 1.80. The van der Waals surface area contributed by atoms with Gasteiger partial charge in [0, 0.05) is 0 Å². The number of halogens is 1. The van der Waals surface area contributed by atoms with E-state index < -0.39 is 11.4 Å². The third-order valence-electron chi connectivity index (χ3n) is 3.06. The van der Waals surface area contributed by atoms with Crippen LogP contribution in [0.15, 0.2) is 22.7 Å². The Hall–Kier alpha value is -2.41. The molecule has 2 rings (SSSR count). The molecule has 0 aliphatic heterocycles. The lowest BCUT2D eigenvalue weighted by Gasteiger charge is -2.22. The van der Waals surface area contributed by atoms with Crippen molar-refractivity contribution in [3.05, 3.63) is 46.1 Å². The van der Waals surface area contributed by atoms with E-state index in [2.05, 4.69) is 15.5 Å². The van der Waals surface area contributed by atoms with Gasteiger partial charge in [0.15, 0.2) is 5.82 Å². The minimum atomic E-state index is -0.971. The van der Waals surface area contributed by atoms with Gasteiger partial charge in [-0.2, -0.15) is 4.98 Å². The highest BCUT2D eigenvalue weighted by Gasteiger charge is 2.30. The molecule has 3 N–H and O–H groups in total. The van der Waals surface area contributed by atoms with Gasteiger partial charge in [-0.25, -0.2) is 0 Å². The van der Waals surface area contributed by atoms with E-state index in [9.17, 15) is 9.59 Å². The molecule has 1 heterocycles. The largest absolute Gasteiger partial charge is 0.361 e. The molecular weight excluding hydrogens is 308 g/mol. The minimum absolute atomic E-state index is 0.137. The number of aryl methyl sites for hydroxylation is 1. The van der Waals surface area contributed by atoms with Crippen LogP contribution >= 0.6 is 11.6 Å². The quantitative estimate of drug-likeness (QED) is 0.891. The Morgan fingerprint density at radius 2 is 2.05 bits per heavy atom. The Labute approximate surface area is 131 Å². The Morgan fingerprint density at radius 1 is 1.36 bits per heavy atom. The summed E-state index contributed by atoms with van der Waals surface area (Å²) in [6, 6.07) is 5.16. The van der Waals surface area contributed by atoms with Crippen molar-refractivity contribution in [2.45, 2.75) is 26.3 Å². The first-order valence-corrected chi connectivity index (χ1v) is 6.82. The van der Waals surface area contributed by atoms with E-state index in [-0.39, 0.29) is 17.6 Å². The second-order valence-corrected chi connectivity index (χ2v) is 5.68. The van der Waals surface area contributed by atoms with Crippen LogP contribution in [0, 0.1) is 6.92 Å². The Balaban J connectivity index is 2.25. The molecule has 2 amide bonds. The summed E-state index contributed by atoms with van der Waals surface area (Å²) in [6.07, 6.45) is 0. The maximum absolute atomic E-state index is 12.4. The highest BCUT2D eigenvalue weighted by molar-refractivity contribution is 6.34. The van der Waals surface area contributed by atoms with Crippen molar-refractivity contribution >= 4 is 23.4 Å². The number of primary amides is 1. The second kappa shape index (κ2) is 5.76. The molecule has 7 nitrogen and oxygen atoms in total. The zero-order valence-electron chi connectivity index (χ0n) is 12.3. The van der Waals surface area contributed by atoms with Gasteiger partial charge in [0.25, 0.3) is 5.91 Å². The number of hydrogen-bond acceptors (Lipinski definition) is 5. The number of nitrogens with two attached hydrogens (primary N) is 1. The van der Waals surface area contributed by atoms with Gasteiger partial charge >= 0.3 is 11.8 Å². The predicted molar refractivity (Wildman–Crippen MR) is 79.5 cm³/mol. The van der Waals surface area contributed by atoms with Gasteiger partial charge in [0.2, 0.25) is 0 Å². The number of aromatic nitrogens is 2.